The summed E-state index contributed by atoms with van der Waals surface area (Å²) in [6.45, 7) is 2.21. The number of aliphatic hydroxyl groups is 2. The van der Waals surface area contributed by atoms with Gasteiger partial charge in [-0.1, -0.05) is 64.4 Å². The Hall–Kier alpha value is -0.870. The number of aliphatic hydroxyl groups excluding tert-OH is 2. The Morgan fingerprint density at radius 2 is 1.29 bits per heavy atom. The van der Waals surface area contributed by atoms with E-state index in [9.17, 15) is 15.0 Å². The van der Waals surface area contributed by atoms with Crippen molar-refractivity contribution in [2.24, 2.45) is 0 Å². The van der Waals surface area contributed by atoms with E-state index in [0.717, 1.165) is 44.9 Å². The molecule has 0 aliphatic rings. The van der Waals surface area contributed by atoms with E-state index in [1.165, 1.54) is 38.2 Å². The Balaban J connectivity index is 3.40. The highest BCUT2D eigenvalue weighted by Gasteiger charge is 2.09. The molecule has 0 aliphatic heterocycles. The molecule has 4 nitrogen and oxygen atoms in total. The van der Waals surface area contributed by atoms with Crippen molar-refractivity contribution in [3.63, 3.8) is 0 Å². The van der Waals surface area contributed by atoms with Gasteiger partial charge in [-0.15, -0.1) is 0 Å². The predicted octanol–water partition coefficient (Wildman–Crippen LogP) is 4.83. The fourth-order valence-corrected chi connectivity index (χ4v) is 2.84. The molecule has 0 saturated heterocycles. The second-order valence-electron chi connectivity index (χ2n) is 6.82. The highest BCUT2D eigenvalue weighted by atomic mass is 16.4. The first-order chi connectivity index (χ1) is 11.6. The molecule has 2 unspecified atom stereocenters. The van der Waals surface area contributed by atoms with Gasteiger partial charge in [0.2, 0.25) is 0 Å². The Morgan fingerprint density at radius 1 is 0.792 bits per heavy atom. The molecule has 2 atom stereocenters. The summed E-state index contributed by atoms with van der Waals surface area (Å²) in [5, 5.41) is 28.3. The van der Waals surface area contributed by atoms with E-state index in [4.69, 9.17) is 5.11 Å². The number of carboxylic acid groups (broad SMARTS) is 1. The lowest BCUT2D eigenvalue weighted by Gasteiger charge is -2.14. The molecule has 0 radical (unpaired) electrons. The fraction of sp³-hybridized carbons (Fsp3) is 0.850. The van der Waals surface area contributed by atoms with E-state index in [1.54, 1.807) is 6.08 Å². The van der Waals surface area contributed by atoms with Crippen molar-refractivity contribution in [3.05, 3.63) is 12.2 Å². The van der Waals surface area contributed by atoms with Crippen molar-refractivity contribution in [3.8, 4) is 0 Å². The first-order valence-electron chi connectivity index (χ1n) is 9.81. The van der Waals surface area contributed by atoms with Gasteiger partial charge in [0.05, 0.1) is 12.2 Å². The molecule has 142 valence electrons. The number of unbranched alkanes of at least 4 members (excludes halogenated alkanes) is 8. The molecule has 0 rings (SSSR count). The average Bonchev–Trinajstić information content (AvgIpc) is 2.55. The SMILES string of the molecule is CCCCCCCCC(O)CCC(O)CCCCCC=CC(=O)O. The molecule has 3 N–H and O–H groups in total. The van der Waals surface area contributed by atoms with Crippen molar-refractivity contribution in [1.29, 1.82) is 0 Å². The van der Waals surface area contributed by atoms with E-state index in [-0.39, 0.29) is 12.2 Å². The summed E-state index contributed by atoms with van der Waals surface area (Å²) in [4.78, 5) is 10.3. The van der Waals surface area contributed by atoms with Crippen LogP contribution in [0.3, 0.4) is 0 Å². The van der Waals surface area contributed by atoms with Gasteiger partial charge in [-0.05, 0) is 38.5 Å². The van der Waals surface area contributed by atoms with Crippen LogP contribution < -0.4 is 0 Å². The number of hydrogen-bond acceptors (Lipinski definition) is 3. The molecule has 0 fully saturated rings. The minimum atomic E-state index is -0.898. The zero-order valence-corrected chi connectivity index (χ0v) is 15.5. The lowest BCUT2D eigenvalue weighted by molar-refractivity contribution is -0.131. The number of aliphatic carboxylic acids is 1. The maximum atomic E-state index is 10.3. The highest BCUT2D eigenvalue weighted by Crippen LogP contribution is 2.15. The second kappa shape index (κ2) is 17.0. The maximum absolute atomic E-state index is 10.3. The van der Waals surface area contributed by atoms with Crippen LogP contribution in [0.5, 0.6) is 0 Å². The zero-order valence-electron chi connectivity index (χ0n) is 15.5. The van der Waals surface area contributed by atoms with Crippen LogP contribution in [-0.2, 0) is 4.79 Å². The summed E-state index contributed by atoms with van der Waals surface area (Å²) in [5.74, 6) is -0.898. The Bertz CT molecular complexity index is 315. The summed E-state index contributed by atoms with van der Waals surface area (Å²) < 4.78 is 0. The van der Waals surface area contributed by atoms with Crippen LogP contribution in [-0.4, -0.2) is 33.5 Å². The van der Waals surface area contributed by atoms with Gasteiger partial charge < -0.3 is 15.3 Å². The molecule has 4 heteroatoms. The normalized spacial score (nSPS) is 14.1. The molecule has 0 aromatic heterocycles. The number of rotatable bonds is 17. The predicted molar refractivity (Wildman–Crippen MR) is 99.1 cm³/mol. The summed E-state index contributed by atoms with van der Waals surface area (Å²) in [6.07, 6.45) is 16.4. The molecule has 24 heavy (non-hydrogen) atoms. The van der Waals surface area contributed by atoms with Gasteiger partial charge in [0.25, 0.3) is 0 Å². The zero-order chi connectivity index (χ0) is 18.0. The summed E-state index contributed by atoms with van der Waals surface area (Å²) in [7, 11) is 0. The van der Waals surface area contributed by atoms with E-state index >= 15 is 0 Å². The van der Waals surface area contributed by atoms with Gasteiger partial charge in [-0.3, -0.25) is 0 Å². The van der Waals surface area contributed by atoms with Crippen LogP contribution >= 0.6 is 0 Å². The topological polar surface area (TPSA) is 77.8 Å². The monoisotopic (exact) mass is 342 g/mol. The molecular formula is C20H38O4. The highest BCUT2D eigenvalue weighted by molar-refractivity contribution is 5.79. The Morgan fingerprint density at radius 3 is 1.83 bits per heavy atom. The van der Waals surface area contributed by atoms with Crippen molar-refractivity contribution in [2.75, 3.05) is 0 Å². The molecule has 0 spiro atoms. The van der Waals surface area contributed by atoms with Gasteiger partial charge in [-0.25, -0.2) is 4.79 Å². The molecule has 0 aliphatic carbocycles. The number of allylic oxidation sites excluding steroid dienone is 1. The largest absolute Gasteiger partial charge is 0.478 e. The third kappa shape index (κ3) is 17.5. The minimum absolute atomic E-state index is 0.271. The van der Waals surface area contributed by atoms with Crippen LogP contribution in [0.2, 0.25) is 0 Å². The van der Waals surface area contributed by atoms with E-state index < -0.39 is 5.97 Å². The van der Waals surface area contributed by atoms with Crippen LogP contribution in [0.25, 0.3) is 0 Å². The number of carboxylic acids is 1. The first-order valence-corrected chi connectivity index (χ1v) is 9.81. The molecule has 0 saturated carbocycles. The molecule has 0 amide bonds. The lowest BCUT2D eigenvalue weighted by Crippen LogP contribution is -2.13. The van der Waals surface area contributed by atoms with Gasteiger partial charge >= 0.3 is 5.97 Å². The third-order valence-electron chi connectivity index (χ3n) is 4.39. The Kier molecular flexibility index (Phi) is 16.4. The average molecular weight is 343 g/mol. The van der Waals surface area contributed by atoms with Crippen molar-refractivity contribution in [1.82, 2.24) is 0 Å². The van der Waals surface area contributed by atoms with Crippen molar-refractivity contribution in [2.45, 2.75) is 109 Å². The van der Waals surface area contributed by atoms with Crippen LogP contribution in [0.1, 0.15) is 96.8 Å². The van der Waals surface area contributed by atoms with Crippen molar-refractivity contribution >= 4 is 5.97 Å². The lowest BCUT2D eigenvalue weighted by atomic mass is 10.0. The minimum Gasteiger partial charge on any atom is -0.478 e. The van der Waals surface area contributed by atoms with E-state index in [1.807, 2.05) is 0 Å². The van der Waals surface area contributed by atoms with Gasteiger partial charge in [0.15, 0.2) is 0 Å². The fourth-order valence-electron chi connectivity index (χ4n) is 2.84. The summed E-state index contributed by atoms with van der Waals surface area (Å²) in [6, 6.07) is 0. The quantitative estimate of drug-likeness (QED) is 0.261. The maximum Gasteiger partial charge on any atom is 0.327 e. The first kappa shape index (κ1) is 23.1. The smallest absolute Gasteiger partial charge is 0.327 e. The number of hydrogen-bond donors (Lipinski definition) is 3. The third-order valence-corrected chi connectivity index (χ3v) is 4.39. The second-order valence-corrected chi connectivity index (χ2v) is 6.82. The molecule has 0 aromatic carbocycles. The van der Waals surface area contributed by atoms with Gasteiger partial charge in [0, 0.05) is 6.08 Å². The summed E-state index contributed by atoms with van der Waals surface area (Å²) in [5.41, 5.74) is 0. The molecule has 0 aromatic rings. The van der Waals surface area contributed by atoms with E-state index in [2.05, 4.69) is 6.92 Å². The molecule has 0 heterocycles. The van der Waals surface area contributed by atoms with Gasteiger partial charge in [0.1, 0.15) is 0 Å². The van der Waals surface area contributed by atoms with E-state index in [0.29, 0.717) is 12.8 Å². The molecular weight excluding hydrogens is 304 g/mol. The summed E-state index contributed by atoms with van der Waals surface area (Å²) >= 11 is 0. The number of carbonyl (C=O) groups is 1. The van der Waals surface area contributed by atoms with Gasteiger partial charge in [-0.2, -0.15) is 0 Å². The van der Waals surface area contributed by atoms with Crippen LogP contribution in [0.15, 0.2) is 12.2 Å². The van der Waals surface area contributed by atoms with Crippen molar-refractivity contribution < 1.29 is 20.1 Å². The van der Waals surface area contributed by atoms with Crippen LogP contribution in [0, 0.1) is 0 Å². The molecule has 0 bridgehead atoms. The van der Waals surface area contributed by atoms with Crippen LogP contribution in [0.4, 0.5) is 0 Å². The Labute approximate surface area is 148 Å². The standard InChI is InChI=1S/C20H38O4/c1-2-3-4-5-7-10-13-18(21)16-17-19(22)14-11-8-6-9-12-15-20(23)24/h12,15,18-19,21-22H,2-11,13-14,16-17H2,1H3,(H,23,24).